The summed E-state index contributed by atoms with van der Waals surface area (Å²) in [5.74, 6) is 1.79. The van der Waals surface area contributed by atoms with Gasteiger partial charge in [-0.2, -0.15) is 0 Å². The number of carbonyl (C=O) groups excluding carboxylic acids is 1. The van der Waals surface area contributed by atoms with Crippen LogP contribution >= 0.6 is 12.4 Å². The molecule has 3 atom stereocenters. The largest absolute Gasteiger partial charge is 0.508 e. The van der Waals surface area contributed by atoms with Gasteiger partial charge < -0.3 is 35.5 Å². The first-order chi connectivity index (χ1) is 18.0. The number of aliphatic hydroxyl groups excluding tert-OH is 1. The predicted octanol–water partition coefficient (Wildman–Crippen LogP) is 4.22. The van der Waals surface area contributed by atoms with Gasteiger partial charge in [-0.05, 0) is 73.9 Å². The molecule has 0 aliphatic rings. The monoisotopic (exact) mass is 566 g/mol. The maximum absolute atomic E-state index is 12.9. The predicted molar refractivity (Wildman–Crippen MR) is 157 cm³/mol. The van der Waals surface area contributed by atoms with Crippen LogP contribution in [0.3, 0.4) is 0 Å². The molecule has 0 aromatic heterocycles. The Labute approximate surface area is 239 Å². The molecule has 1 amide bonds. The molecule has 2 rings (SSSR count). The normalized spacial score (nSPS) is 13.8. The van der Waals surface area contributed by atoms with E-state index >= 15 is 0 Å². The minimum absolute atomic E-state index is 0. The second-order valence-corrected chi connectivity index (χ2v) is 10.7. The molecule has 0 spiro atoms. The molecular formula is C30H47ClN2O6. The van der Waals surface area contributed by atoms with E-state index in [0.717, 1.165) is 18.4 Å². The van der Waals surface area contributed by atoms with Gasteiger partial charge in [-0.15, -0.1) is 12.4 Å². The molecule has 0 aliphatic carbocycles. The van der Waals surface area contributed by atoms with Crippen LogP contribution in [0, 0.1) is 11.8 Å². The van der Waals surface area contributed by atoms with Crippen molar-refractivity contribution >= 4 is 18.3 Å². The molecule has 2 aromatic rings. The zero-order chi connectivity index (χ0) is 28.3. The van der Waals surface area contributed by atoms with Gasteiger partial charge in [-0.3, -0.25) is 4.79 Å². The Bertz CT molecular complexity index is 1020. The van der Waals surface area contributed by atoms with Gasteiger partial charge in [-0.25, -0.2) is 0 Å². The summed E-state index contributed by atoms with van der Waals surface area (Å²) in [7, 11) is 3.29. The summed E-state index contributed by atoms with van der Waals surface area (Å²) in [5, 5.41) is 23.4. The Morgan fingerprint density at radius 1 is 1.08 bits per heavy atom. The Morgan fingerprint density at radius 2 is 1.79 bits per heavy atom. The Kier molecular flexibility index (Phi) is 14.6. The van der Waals surface area contributed by atoms with Crippen molar-refractivity contribution in [3.8, 4) is 17.2 Å². The smallest absolute Gasteiger partial charge is 0.230 e. The van der Waals surface area contributed by atoms with E-state index in [1.54, 1.807) is 52.3 Å². The number of phenolic OH excluding ortho intramolecular Hbond substituents is 1. The Hall–Kier alpha value is -2.52. The van der Waals surface area contributed by atoms with Gasteiger partial charge in [0.15, 0.2) is 11.5 Å². The van der Waals surface area contributed by atoms with Crippen molar-refractivity contribution in [2.75, 3.05) is 34.0 Å². The van der Waals surface area contributed by atoms with Crippen LogP contribution in [-0.4, -0.2) is 62.2 Å². The number of hydrogen-bond acceptors (Lipinski definition) is 7. The molecule has 0 radical (unpaired) electrons. The number of benzene rings is 2. The molecule has 0 heterocycles. The summed E-state index contributed by atoms with van der Waals surface area (Å²) in [4.78, 5) is 12.9. The van der Waals surface area contributed by atoms with Gasteiger partial charge in [0.2, 0.25) is 5.91 Å². The lowest BCUT2D eigenvalue weighted by atomic mass is 9.82. The molecule has 0 fully saturated rings. The molecule has 0 unspecified atom stereocenters. The summed E-state index contributed by atoms with van der Waals surface area (Å²) >= 11 is 0. The second-order valence-electron chi connectivity index (χ2n) is 10.7. The minimum atomic E-state index is -0.893. The van der Waals surface area contributed by atoms with Crippen LogP contribution in [0.25, 0.3) is 0 Å². The molecule has 8 nitrogen and oxygen atoms in total. The van der Waals surface area contributed by atoms with Crippen molar-refractivity contribution < 1.29 is 29.2 Å². The topological polar surface area (TPSA) is 123 Å². The number of aromatic hydroxyl groups is 1. The third-order valence-corrected chi connectivity index (χ3v) is 7.10. The molecule has 0 saturated carbocycles. The lowest BCUT2D eigenvalue weighted by Crippen LogP contribution is -2.48. The summed E-state index contributed by atoms with van der Waals surface area (Å²) in [6.07, 6.45) is 1.26. The van der Waals surface area contributed by atoms with Crippen LogP contribution in [0.5, 0.6) is 17.2 Å². The number of nitrogens with one attached hydrogen (secondary N) is 1. The summed E-state index contributed by atoms with van der Waals surface area (Å²) in [5.41, 5.74) is 7.34. The summed E-state index contributed by atoms with van der Waals surface area (Å²) in [6, 6.07) is 12.1. The average molecular weight is 567 g/mol. The van der Waals surface area contributed by atoms with E-state index in [4.69, 9.17) is 19.9 Å². The second kappa shape index (κ2) is 16.6. The molecule has 9 heteroatoms. The van der Waals surface area contributed by atoms with E-state index < -0.39 is 17.6 Å². The molecular weight excluding hydrogens is 520 g/mol. The SMILES string of the molecule is COCCCOc1cc(C[C@@H](C[C@H](N)[C@@H](O)CNC(=O)C(C)(C)c2cccc(O)c2)C(C)C)ccc1OC.Cl. The van der Waals surface area contributed by atoms with Crippen LogP contribution in [0.15, 0.2) is 42.5 Å². The lowest BCUT2D eigenvalue weighted by Gasteiger charge is -2.29. The van der Waals surface area contributed by atoms with Crippen molar-refractivity contribution in [1.82, 2.24) is 5.32 Å². The molecule has 5 N–H and O–H groups in total. The van der Waals surface area contributed by atoms with Crippen molar-refractivity contribution in [2.45, 2.75) is 64.5 Å². The fourth-order valence-electron chi connectivity index (χ4n) is 4.34. The third-order valence-electron chi connectivity index (χ3n) is 7.10. The van der Waals surface area contributed by atoms with Crippen LogP contribution in [0.1, 0.15) is 51.7 Å². The van der Waals surface area contributed by atoms with Gasteiger partial charge >= 0.3 is 0 Å². The Balaban J connectivity index is 0.00000760. The van der Waals surface area contributed by atoms with Gasteiger partial charge in [0.05, 0.1) is 25.2 Å². The van der Waals surface area contributed by atoms with E-state index in [1.165, 1.54) is 0 Å². The van der Waals surface area contributed by atoms with Gasteiger partial charge in [0, 0.05) is 32.7 Å². The number of aliphatic hydroxyl groups is 1. The zero-order valence-electron chi connectivity index (χ0n) is 24.1. The fraction of sp³-hybridized carbons (Fsp3) is 0.567. The standard InChI is InChI=1S/C30H46N2O6.ClH/c1-20(2)22(15-21-11-12-27(37-6)28(16-21)38-14-8-13-36-5)17-25(31)26(34)19-32-29(35)30(3,4)23-9-7-10-24(33)18-23;/h7,9-12,16,18,20,22,25-26,33-34H,8,13-15,17,19,31H2,1-6H3,(H,32,35);1H/t22-,25-,26-;/m0./s1. The number of amides is 1. The highest BCUT2D eigenvalue weighted by Gasteiger charge is 2.31. The van der Waals surface area contributed by atoms with E-state index in [1.807, 2.05) is 18.2 Å². The number of ether oxygens (including phenoxy) is 3. The quantitative estimate of drug-likeness (QED) is 0.224. The van der Waals surface area contributed by atoms with Crippen LogP contribution in [0.4, 0.5) is 0 Å². The number of hydrogen-bond donors (Lipinski definition) is 4. The first-order valence-electron chi connectivity index (χ1n) is 13.3. The molecule has 220 valence electrons. The maximum Gasteiger partial charge on any atom is 0.230 e. The molecule has 2 aromatic carbocycles. The van der Waals surface area contributed by atoms with Crippen LogP contribution in [-0.2, 0) is 21.4 Å². The minimum Gasteiger partial charge on any atom is -0.508 e. The number of nitrogens with two attached hydrogens (primary N) is 1. The highest BCUT2D eigenvalue weighted by atomic mass is 35.5. The van der Waals surface area contributed by atoms with Gasteiger partial charge in [0.1, 0.15) is 5.75 Å². The van der Waals surface area contributed by atoms with Crippen LogP contribution < -0.4 is 20.5 Å². The summed E-state index contributed by atoms with van der Waals surface area (Å²) in [6.45, 7) is 9.07. The van der Waals surface area contributed by atoms with E-state index in [9.17, 15) is 15.0 Å². The highest BCUT2D eigenvalue weighted by Crippen LogP contribution is 2.31. The number of phenols is 1. The van der Waals surface area contributed by atoms with Crippen molar-refractivity contribution in [3.05, 3.63) is 53.6 Å². The number of carbonyl (C=O) groups is 1. The Morgan fingerprint density at radius 3 is 2.41 bits per heavy atom. The first kappa shape index (κ1) is 34.5. The third kappa shape index (κ3) is 10.5. The molecule has 0 bridgehead atoms. The van der Waals surface area contributed by atoms with Crippen molar-refractivity contribution in [3.63, 3.8) is 0 Å². The molecule has 0 aliphatic heterocycles. The fourth-order valence-corrected chi connectivity index (χ4v) is 4.34. The molecule has 0 saturated heterocycles. The highest BCUT2D eigenvalue weighted by molar-refractivity contribution is 5.87. The van der Waals surface area contributed by atoms with Gasteiger partial charge in [-0.1, -0.05) is 32.0 Å². The maximum atomic E-state index is 12.9. The number of halogens is 1. The van der Waals surface area contributed by atoms with Crippen LogP contribution in [0.2, 0.25) is 0 Å². The molecule has 39 heavy (non-hydrogen) atoms. The lowest BCUT2D eigenvalue weighted by molar-refractivity contribution is -0.126. The van der Waals surface area contributed by atoms with Gasteiger partial charge in [0.25, 0.3) is 0 Å². The first-order valence-corrected chi connectivity index (χ1v) is 13.3. The number of rotatable bonds is 16. The van der Waals surface area contributed by atoms with E-state index in [-0.39, 0.29) is 36.5 Å². The average Bonchev–Trinajstić information content (AvgIpc) is 2.89. The zero-order valence-corrected chi connectivity index (χ0v) is 24.9. The number of methoxy groups -OCH3 is 2. The summed E-state index contributed by atoms with van der Waals surface area (Å²) < 4.78 is 16.5. The van der Waals surface area contributed by atoms with E-state index in [2.05, 4.69) is 19.2 Å². The van der Waals surface area contributed by atoms with Crippen molar-refractivity contribution in [1.29, 1.82) is 0 Å². The van der Waals surface area contributed by atoms with Crippen molar-refractivity contribution in [2.24, 2.45) is 17.6 Å². The van der Waals surface area contributed by atoms with E-state index in [0.29, 0.717) is 42.6 Å².